The number of ether oxygens (including phenoxy) is 1. The van der Waals surface area contributed by atoms with E-state index in [1.807, 2.05) is 19.1 Å². The molecule has 0 aliphatic heterocycles. The Balaban J connectivity index is 2.21. The highest BCUT2D eigenvalue weighted by Crippen LogP contribution is 2.28. The molecule has 0 saturated carbocycles. The van der Waals surface area contributed by atoms with Crippen molar-refractivity contribution >= 4 is 32.0 Å². The van der Waals surface area contributed by atoms with Gasteiger partial charge in [-0.25, -0.2) is 17.5 Å². The molecule has 2 aromatic rings. The molecule has 0 aliphatic carbocycles. The number of carbonyl (C=O) groups excluding carboxylic acids is 1. The molecule has 0 heterocycles. The molecule has 2 aromatic carbocycles. The van der Waals surface area contributed by atoms with Gasteiger partial charge in [0.05, 0.1) is 18.0 Å². The number of nitrogens with one attached hydrogen (secondary N) is 1. The monoisotopic (exact) mass is 440 g/mol. The summed E-state index contributed by atoms with van der Waals surface area (Å²) >= 11 is 3.38. The predicted octanol–water partition coefficient (Wildman–Crippen LogP) is 3.86. The van der Waals surface area contributed by atoms with Gasteiger partial charge in [-0.3, -0.25) is 0 Å². The molecule has 0 spiro atoms. The van der Waals surface area contributed by atoms with Crippen LogP contribution in [0.25, 0.3) is 0 Å². The van der Waals surface area contributed by atoms with E-state index < -0.39 is 22.1 Å². The fourth-order valence-corrected chi connectivity index (χ4v) is 3.82. The number of urea groups is 1. The minimum atomic E-state index is -3.93. The Morgan fingerprint density at radius 3 is 2.38 bits per heavy atom. The standard InChI is InChI=1S/C18H21BrN2O4S/c1-12-5-8-15(9-6-12)26(23,24)21(3)18(22)20-13(2)16-11-14(19)7-10-17(16)25-4/h5-11,13H,1-4H3,(H,20,22). The SMILES string of the molecule is COc1ccc(Br)cc1C(C)NC(=O)N(C)S(=O)(=O)c1ccc(C)cc1. The molecule has 6 nitrogen and oxygen atoms in total. The number of nitrogens with zero attached hydrogens (tertiary/aromatic N) is 1. The van der Waals surface area contributed by atoms with Crippen molar-refractivity contribution in [2.24, 2.45) is 0 Å². The second-order valence-corrected chi connectivity index (χ2v) is 8.73. The van der Waals surface area contributed by atoms with Crippen LogP contribution in [-0.4, -0.2) is 32.9 Å². The van der Waals surface area contributed by atoms with Crippen LogP contribution in [0, 0.1) is 6.92 Å². The normalized spacial score (nSPS) is 12.3. The summed E-state index contributed by atoms with van der Waals surface area (Å²) in [7, 11) is -1.16. The lowest BCUT2D eigenvalue weighted by Crippen LogP contribution is -2.42. The van der Waals surface area contributed by atoms with E-state index in [-0.39, 0.29) is 4.90 Å². The number of amides is 2. The zero-order chi connectivity index (χ0) is 19.5. The van der Waals surface area contributed by atoms with Gasteiger partial charge in [0.2, 0.25) is 0 Å². The van der Waals surface area contributed by atoms with Crippen LogP contribution in [0.4, 0.5) is 4.79 Å². The Morgan fingerprint density at radius 1 is 1.19 bits per heavy atom. The van der Waals surface area contributed by atoms with Crippen LogP contribution >= 0.6 is 15.9 Å². The Hall–Kier alpha value is -2.06. The molecular formula is C18H21BrN2O4S. The molecule has 0 radical (unpaired) electrons. The van der Waals surface area contributed by atoms with Gasteiger partial charge >= 0.3 is 6.03 Å². The molecule has 0 bridgehead atoms. The maximum Gasteiger partial charge on any atom is 0.331 e. The lowest BCUT2D eigenvalue weighted by atomic mass is 10.1. The lowest BCUT2D eigenvalue weighted by Gasteiger charge is -2.22. The molecule has 140 valence electrons. The smallest absolute Gasteiger partial charge is 0.331 e. The fraction of sp³-hybridized carbons (Fsp3) is 0.278. The van der Waals surface area contributed by atoms with Gasteiger partial charge in [-0.2, -0.15) is 0 Å². The highest BCUT2D eigenvalue weighted by atomic mass is 79.9. The highest BCUT2D eigenvalue weighted by Gasteiger charge is 2.27. The summed E-state index contributed by atoms with van der Waals surface area (Å²) in [4.78, 5) is 12.5. The minimum absolute atomic E-state index is 0.0634. The Labute approximate surface area is 162 Å². The van der Waals surface area contributed by atoms with Crippen molar-refractivity contribution in [1.82, 2.24) is 9.62 Å². The van der Waals surface area contributed by atoms with Crippen molar-refractivity contribution in [2.75, 3.05) is 14.2 Å². The minimum Gasteiger partial charge on any atom is -0.496 e. The van der Waals surface area contributed by atoms with E-state index in [4.69, 9.17) is 4.74 Å². The van der Waals surface area contributed by atoms with Crippen LogP contribution in [-0.2, 0) is 10.0 Å². The molecular weight excluding hydrogens is 420 g/mol. The predicted molar refractivity (Wildman–Crippen MR) is 104 cm³/mol. The van der Waals surface area contributed by atoms with Crippen LogP contribution in [0.3, 0.4) is 0 Å². The summed E-state index contributed by atoms with van der Waals surface area (Å²) in [6.45, 7) is 3.62. The summed E-state index contributed by atoms with van der Waals surface area (Å²) in [5, 5.41) is 2.69. The maximum absolute atomic E-state index is 12.6. The van der Waals surface area contributed by atoms with Gasteiger partial charge in [0.15, 0.2) is 0 Å². The van der Waals surface area contributed by atoms with Gasteiger partial charge in [0, 0.05) is 17.1 Å². The Kier molecular flexibility index (Phi) is 6.30. The molecule has 2 rings (SSSR count). The third kappa shape index (κ3) is 4.37. The van der Waals surface area contributed by atoms with Crippen LogP contribution < -0.4 is 10.1 Å². The summed E-state index contributed by atoms with van der Waals surface area (Å²) in [5.41, 5.74) is 1.67. The highest BCUT2D eigenvalue weighted by molar-refractivity contribution is 9.10. The Morgan fingerprint density at radius 2 is 1.81 bits per heavy atom. The molecule has 1 atom stereocenters. The zero-order valence-electron chi connectivity index (χ0n) is 15.0. The second-order valence-electron chi connectivity index (χ2n) is 5.84. The van der Waals surface area contributed by atoms with Gasteiger partial charge in [-0.15, -0.1) is 0 Å². The third-order valence-corrected chi connectivity index (χ3v) is 6.21. The number of halogens is 1. The molecule has 1 N–H and O–H groups in total. The topological polar surface area (TPSA) is 75.7 Å². The molecule has 2 amide bonds. The molecule has 0 fully saturated rings. The Bertz CT molecular complexity index is 898. The summed E-state index contributed by atoms with van der Waals surface area (Å²) in [6.07, 6.45) is 0. The van der Waals surface area contributed by atoms with Gasteiger partial charge in [-0.05, 0) is 44.2 Å². The summed E-state index contributed by atoms with van der Waals surface area (Å²) in [5.74, 6) is 0.602. The first-order chi connectivity index (χ1) is 12.2. The second kappa shape index (κ2) is 8.09. The number of hydrogen-bond donors (Lipinski definition) is 1. The zero-order valence-corrected chi connectivity index (χ0v) is 17.4. The average Bonchev–Trinajstić information content (AvgIpc) is 2.61. The number of aryl methyl sites for hydroxylation is 1. The van der Waals surface area contributed by atoms with Crippen molar-refractivity contribution in [3.05, 3.63) is 58.1 Å². The van der Waals surface area contributed by atoms with Crippen molar-refractivity contribution in [1.29, 1.82) is 0 Å². The van der Waals surface area contributed by atoms with E-state index in [0.717, 1.165) is 15.6 Å². The molecule has 0 aromatic heterocycles. The van der Waals surface area contributed by atoms with Crippen molar-refractivity contribution in [3.63, 3.8) is 0 Å². The van der Waals surface area contributed by atoms with Crippen molar-refractivity contribution < 1.29 is 17.9 Å². The number of hydrogen-bond acceptors (Lipinski definition) is 4. The quantitative estimate of drug-likeness (QED) is 0.765. The van der Waals surface area contributed by atoms with Gasteiger partial charge < -0.3 is 10.1 Å². The van der Waals surface area contributed by atoms with Crippen LogP contribution in [0.15, 0.2) is 51.8 Å². The first-order valence-electron chi connectivity index (χ1n) is 7.86. The molecule has 0 saturated heterocycles. The number of rotatable bonds is 5. The van der Waals surface area contributed by atoms with Gasteiger partial charge in [0.1, 0.15) is 5.75 Å². The number of benzene rings is 2. The van der Waals surface area contributed by atoms with Crippen molar-refractivity contribution in [3.8, 4) is 5.75 Å². The number of carbonyl (C=O) groups is 1. The van der Waals surface area contributed by atoms with Gasteiger partial charge in [-0.1, -0.05) is 33.6 Å². The average molecular weight is 441 g/mol. The largest absolute Gasteiger partial charge is 0.496 e. The molecule has 0 aliphatic rings. The van der Waals surface area contributed by atoms with E-state index in [1.54, 1.807) is 25.1 Å². The van der Waals surface area contributed by atoms with Crippen LogP contribution in [0.2, 0.25) is 0 Å². The van der Waals surface area contributed by atoms with E-state index in [1.165, 1.54) is 26.3 Å². The van der Waals surface area contributed by atoms with Gasteiger partial charge in [0.25, 0.3) is 10.0 Å². The van der Waals surface area contributed by atoms with Crippen LogP contribution in [0.5, 0.6) is 5.75 Å². The molecule has 8 heteroatoms. The number of sulfonamides is 1. The third-order valence-electron chi connectivity index (χ3n) is 3.96. The van der Waals surface area contributed by atoms with E-state index >= 15 is 0 Å². The fourth-order valence-electron chi connectivity index (χ4n) is 2.37. The van der Waals surface area contributed by atoms with Crippen LogP contribution in [0.1, 0.15) is 24.1 Å². The van der Waals surface area contributed by atoms with E-state index in [0.29, 0.717) is 10.1 Å². The summed E-state index contributed by atoms with van der Waals surface area (Å²) in [6, 6.07) is 10.6. The first-order valence-corrected chi connectivity index (χ1v) is 10.1. The summed E-state index contributed by atoms with van der Waals surface area (Å²) < 4.78 is 32.1. The molecule has 1 unspecified atom stereocenters. The lowest BCUT2D eigenvalue weighted by molar-refractivity contribution is 0.225. The van der Waals surface area contributed by atoms with E-state index in [9.17, 15) is 13.2 Å². The maximum atomic E-state index is 12.6. The molecule has 26 heavy (non-hydrogen) atoms. The van der Waals surface area contributed by atoms with Crippen molar-refractivity contribution in [2.45, 2.75) is 24.8 Å². The van der Waals surface area contributed by atoms with E-state index in [2.05, 4.69) is 21.2 Å². The first kappa shape index (κ1) is 20.3. The number of methoxy groups -OCH3 is 1.